The lowest BCUT2D eigenvalue weighted by molar-refractivity contribution is -0.146. The first-order valence-electron chi connectivity index (χ1n) is 17.5. The first-order chi connectivity index (χ1) is 23.4. The van der Waals surface area contributed by atoms with Gasteiger partial charge in [-0.2, -0.15) is 0 Å². The van der Waals surface area contributed by atoms with Crippen LogP contribution in [0.3, 0.4) is 0 Å². The van der Waals surface area contributed by atoms with Crippen molar-refractivity contribution in [1.82, 2.24) is 20.3 Å². The van der Waals surface area contributed by atoms with Crippen molar-refractivity contribution >= 4 is 35.7 Å². The van der Waals surface area contributed by atoms with Gasteiger partial charge < -0.3 is 34.8 Å². The lowest BCUT2D eigenvalue weighted by Gasteiger charge is -2.21. The first kappa shape index (κ1) is 34.4. The Morgan fingerprint density at radius 2 is 1.59 bits per heavy atom. The molecule has 1 aliphatic carbocycles. The molecule has 1 saturated heterocycles. The third kappa shape index (κ3) is 5.92. The van der Waals surface area contributed by atoms with E-state index in [0.717, 1.165) is 68.8 Å². The van der Waals surface area contributed by atoms with Crippen LogP contribution in [-0.2, 0) is 31.9 Å². The highest BCUT2D eigenvalue weighted by molar-refractivity contribution is 5.95. The molecule has 5 heterocycles. The molecule has 6 rings (SSSR count). The highest BCUT2D eigenvalue weighted by Gasteiger charge is 2.48. The fraction of sp³-hybridized carbons (Fsp3) is 0.450. The SMILES string of the molecule is CCc1c2[nH]c(c1C)/C=C1\N/C(=C3\c4[nH]c(c(C)c4[C@@H](O)[C@@H]3C(=O)OC)/C=c3\[nH]/c(c(C)c3CC)=C\2)[C@@H](CCC(=O)OCC=C(C)C)[C@@H]1C. The molecule has 4 atom stereocenters. The van der Waals surface area contributed by atoms with Gasteiger partial charge >= 0.3 is 11.9 Å². The molecule has 3 aromatic rings. The number of aromatic nitrogens is 3. The van der Waals surface area contributed by atoms with Gasteiger partial charge in [0.2, 0.25) is 0 Å². The van der Waals surface area contributed by atoms with Crippen molar-refractivity contribution in [3.8, 4) is 0 Å². The maximum atomic E-state index is 13.5. The number of nitrogens with one attached hydrogen (secondary N) is 4. The van der Waals surface area contributed by atoms with Crippen LogP contribution in [-0.4, -0.2) is 45.7 Å². The second-order valence-electron chi connectivity index (χ2n) is 14.0. The van der Waals surface area contributed by atoms with E-state index in [-0.39, 0.29) is 30.8 Å². The van der Waals surface area contributed by atoms with Crippen molar-refractivity contribution in [2.24, 2.45) is 17.8 Å². The molecule has 260 valence electrons. The van der Waals surface area contributed by atoms with Gasteiger partial charge in [-0.25, -0.2) is 0 Å². The summed E-state index contributed by atoms with van der Waals surface area (Å²) < 4.78 is 10.8. The zero-order valence-electron chi connectivity index (χ0n) is 30.2. The zero-order valence-corrected chi connectivity index (χ0v) is 30.2. The Bertz CT molecular complexity index is 2040. The van der Waals surface area contributed by atoms with E-state index in [0.29, 0.717) is 17.6 Å². The van der Waals surface area contributed by atoms with Crippen molar-refractivity contribution in [2.75, 3.05) is 13.7 Å². The molecule has 0 unspecified atom stereocenters. The van der Waals surface area contributed by atoms with Crippen molar-refractivity contribution in [1.29, 1.82) is 0 Å². The Labute approximate surface area is 288 Å². The van der Waals surface area contributed by atoms with E-state index in [1.165, 1.54) is 29.4 Å². The number of methoxy groups -OCH3 is 1. The molecule has 2 aliphatic heterocycles. The summed E-state index contributed by atoms with van der Waals surface area (Å²) in [5.74, 6) is -1.87. The van der Waals surface area contributed by atoms with E-state index in [2.05, 4.69) is 73.1 Å². The molecule has 3 aliphatic rings. The maximum absolute atomic E-state index is 13.5. The van der Waals surface area contributed by atoms with Gasteiger partial charge in [0.05, 0.1) is 18.9 Å². The van der Waals surface area contributed by atoms with Gasteiger partial charge in [-0.1, -0.05) is 26.3 Å². The van der Waals surface area contributed by atoms with Crippen molar-refractivity contribution < 1.29 is 24.2 Å². The van der Waals surface area contributed by atoms with Crippen LogP contribution in [0.15, 0.2) is 23.0 Å². The number of carbonyl (C=O) groups excluding carboxylic acids is 2. The van der Waals surface area contributed by atoms with E-state index in [4.69, 9.17) is 9.47 Å². The smallest absolute Gasteiger partial charge is 0.316 e. The second-order valence-corrected chi connectivity index (χ2v) is 14.0. The summed E-state index contributed by atoms with van der Waals surface area (Å²) in [6.07, 6.45) is 9.74. The van der Waals surface area contributed by atoms with Gasteiger partial charge in [-0.05, 0) is 106 Å². The summed E-state index contributed by atoms with van der Waals surface area (Å²) in [6, 6.07) is 0. The average molecular weight is 667 g/mol. The van der Waals surface area contributed by atoms with Crippen LogP contribution in [0.2, 0.25) is 0 Å². The van der Waals surface area contributed by atoms with E-state index < -0.39 is 18.0 Å². The molecule has 8 bridgehead atoms. The number of hydrogen-bond acceptors (Lipinski definition) is 6. The van der Waals surface area contributed by atoms with Gasteiger partial charge in [-0.3, -0.25) is 9.59 Å². The Balaban J connectivity index is 1.61. The lowest BCUT2D eigenvalue weighted by atomic mass is 9.84. The number of H-pyrrole nitrogens is 3. The summed E-state index contributed by atoms with van der Waals surface area (Å²) in [5.41, 5.74) is 13.7. The Kier molecular flexibility index (Phi) is 9.42. The van der Waals surface area contributed by atoms with Gasteiger partial charge in [0.1, 0.15) is 12.5 Å². The molecule has 0 saturated carbocycles. The number of aromatic amines is 3. The Morgan fingerprint density at radius 1 is 0.898 bits per heavy atom. The minimum Gasteiger partial charge on any atom is -0.468 e. The number of esters is 2. The molecule has 9 nitrogen and oxygen atoms in total. The molecule has 0 radical (unpaired) electrons. The second kappa shape index (κ2) is 13.4. The Morgan fingerprint density at radius 3 is 2.27 bits per heavy atom. The predicted molar refractivity (Wildman–Crippen MR) is 193 cm³/mol. The van der Waals surface area contributed by atoms with E-state index >= 15 is 0 Å². The number of aliphatic hydroxyl groups excluding tert-OH is 1. The standard InChI is InChI=1S/C40H50N4O5/c1-10-24-20(5)27-16-29-22(7)26(12-13-33(45)49-15-14-19(3)4)37(43-29)35-36(40(47)48-9)39(46)34-23(8)30(44-38(34)35)18-32-25(11-2)21(6)28(42-32)17-31(24)41-27/h14,16-18,22,26,36,39,41-44,46H,10-13,15H2,1-9H3/b28-17-,29-16-,32-18-,37-35-/t22-,26-,36+,39+/m0/s1. The summed E-state index contributed by atoms with van der Waals surface area (Å²) in [7, 11) is 1.36. The number of ether oxygens (including phenoxy) is 2. The number of hydrogen-bond donors (Lipinski definition) is 5. The first-order valence-corrected chi connectivity index (χ1v) is 17.5. The molecule has 0 aromatic carbocycles. The van der Waals surface area contributed by atoms with Gasteiger partial charge in [0, 0.05) is 68.6 Å². The van der Waals surface area contributed by atoms with Crippen molar-refractivity contribution in [2.45, 2.75) is 87.2 Å². The van der Waals surface area contributed by atoms with Crippen LogP contribution < -0.4 is 16.0 Å². The third-order valence-electron chi connectivity index (χ3n) is 10.9. The van der Waals surface area contributed by atoms with Crippen LogP contribution in [0.4, 0.5) is 0 Å². The van der Waals surface area contributed by atoms with Crippen LogP contribution in [0.5, 0.6) is 0 Å². The monoisotopic (exact) mass is 666 g/mol. The predicted octanol–water partition coefficient (Wildman–Crippen LogP) is 5.43. The molecule has 0 spiro atoms. The number of fused-ring (bicyclic) bond motifs is 7. The number of allylic oxidation sites excluding steroid dienone is 3. The van der Waals surface area contributed by atoms with Gasteiger partial charge in [0.25, 0.3) is 0 Å². The molecule has 5 N–H and O–H groups in total. The molecule has 49 heavy (non-hydrogen) atoms. The summed E-state index contributed by atoms with van der Waals surface area (Å²) in [5, 5.41) is 17.6. The highest BCUT2D eigenvalue weighted by atomic mass is 16.5. The van der Waals surface area contributed by atoms with Crippen LogP contribution in [0, 0.1) is 38.5 Å². The summed E-state index contributed by atoms with van der Waals surface area (Å²) in [6.45, 7) is 17.0. The number of carbonyl (C=O) groups is 2. The van der Waals surface area contributed by atoms with Crippen molar-refractivity contribution in [3.05, 3.63) is 89.9 Å². The van der Waals surface area contributed by atoms with Gasteiger partial charge in [-0.15, -0.1) is 0 Å². The quantitative estimate of drug-likeness (QED) is 0.161. The zero-order chi connectivity index (χ0) is 35.3. The molecular formula is C40H50N4O5. The van der Waals surface area contributed by atoms with Crippen molar-refractivity contribution in [3.63, 3.8) is 0 Å². The molecule has 1 fully saturated rings. The fourth-order valence-corrected chi connectivity index (χ4v) is 8.06. The third-order valence-corrected chi connectivity index (χ3v) is 10.9. The van der Waals surface area contributed by atoms with E-state index in [1.54, 1.807) is 0 Å². The van der Waals surface area contributed by atoms with Crippen LogP contribution in [0.1, 0.15) is 110 Å². The molecule has 9 heteroatoms. The minimum atomic E-state index is -1.10. The average Bonchev–Trinajstić information content (AvgIpc) is 3.80. The topological polar surface area (TPSA) is 132 Å². The lowest BCUT2D eigenvalue weighted by Crippen LogP contribution is -2.24. The summed E-state index contributed by atoms with van der Waals surface area (Å²) >= 11 is 0. The number of aliphatic hydroxyl groups is 1. The minimum absolute atomic E-state index is 0.0227. The van der Waals surface area contributed by atoms with Crippen LogP contribution >= 0.6 is 0 Å². The summed E-state index contributed by atoms with van der Waals surface area (Å²) in [4.78, 5) is 37.4. The van der Waals surface area contributed by atoms with Gasteiger partial charge in [0.15, 0.2) is 0 Å². The van der Waals surface area contributed by atoms with E-state index in [1.807, 2.05) is 26.8 Å². The number of rotatable bonds is 8. The molecule has 0 amide bonds. The normalized spacial score (nSPS) is 24.7. The van der Waals surface area contributed by atoms with Crippen LogP contribution in [0.25, 0.3) is 23.8 Å². The molecular weight excluding hydrogens is 616 g/mol. The maximum Gasteiger partial charge on any atom is 0.316 e. The van der Waals surface area contributed by atoms with E-state index in [9.17, 15) is 14.7 Å². The highest BCUT2D eigenvalue weighted by Crippen LogP contribution is 2.52. The Hall–Kier alpha value is -4.50. The largest absolute Gasteiger partial charge is 0.468 e. The molecule has 3 aromatic heterocycles. The fourth-order valence-electron chi connectivity index (χ4n) is 8.06.